The van der Waals surface area contributed by atoms with Gasteiger partial charge in [0.2, 0.25) is 0 Å². The number of halogens is 2. The number of benzene rings is 1. The number of nitrogens with zero attached hydrogens (tertiary/aromatic N) is 4. The van der Waals surface area contributed by atoms with E-state index in [4.69, 9.17) is 23.2 Å². The molecule has 0 N–H and O–H groups in total. The van der Waals surface area contributed by atoms with Gasteiger partial charge in [0.1, 0.15) is 15.7 Å². The molecular weight excluding hydrogens is 415 g/mol. The fraction of sp³-hybridized carbons (Fsp3) is 0.250. The molecule has 1 amide bonds. The van der Waals surface area contributed by atoms with E-state index in [0.29, 0.717) is 28.0 Å². The van der Waals surface area contributed by atoms with Gasteiger partial charge in [-0.3, -0.25) is 4.79 Å². The van der Waals surface area contributed by atoms with Crippen LogP contribution in [0.3, 0.4) is 0 Å². The van der Waals surface area contributed by atoms with Gasteiger partial charge in [-0.25, -0.2) is 9.97 Å². The van der Waals surface area contributed by atoms with E-state index in [9.17, 15) is 4.79 Å². The molecule has 3 aromatic rings. The summed E-state index contributed by atoms with van der Waals surface area (Å²) < 4.78 is 0. The molecule has 8 heteroatoms. The van der Waals surface area contributed by atoms with E-state index in [1.165, 1.54) is 11.3 Å². The van der Waals surface area contributed by atoms with Gasteiger partial charge in [0, 0.05) is 43.0 Å². The van der Waals surface area contributed by atoms with Crippen LogP contribution in [-0.2, 0) is 0 Å². The second-order valence-electron chi connectivity index (χ2n) is 6.55. The molecule has 0 spiro atoms. The van der Waals surface area contributed by atoms with Crippen molar-refractivity contribution in [1.82, 2.24) is 14.9 Å². The van der Waals surface area contributed by atoms with Crippen molar-refractivity contribution in [2.24, 2.45) is 0 Å². The highest BCUT2D eigenvalue weighted by Gasteiger charge is 2.26. The molecule has 0 saturated carbocycles. The van der Waals surface area contributed by atoms with Crippen molar-refractivity contribution in [2.75, 3.05) is 31.1 Å². The van der Waals surface area contributed by atoms with Crippen molar-refractivity contribution < 1.29 is 4.79 Å². The number of rotatable bonds is 3. The minimum Gasteiger partial charge on any atom is -0.353 e. The molecule has 0 atom stereocenters. The molecule has 28 heavy (non-hydrogen) atoms. The van der Waals surface area contributed by atoms with Crippen LogP contribution < -0.4 is 4.90 Å². The van der Waals surface area contributed by atoms with Crippen LogP contribution in [0.25, 0.3) is 10.6 Å². The second-order valence-corrected chi connectivity index (χ2v) is 8.43. The molecule has 0 unspecified atom stereocenters. The smallest absolute Gasteiger partial charge is 0.265 e. The van der Waals surface area contributed by atoms with Gasteiger partial charge >= 0.3 is 0 Å². The lowest BCUT2D eigenvalue weighted by molar-refractivity contribution is 0.0750. The molecule has 1 saturated heterocycles. The molecule has 0 aliphatic carbocycles. The maximum atomic E-state index is 13.0. The first-order valence-corrected chi connectivity index (χ1v) is 10.5. The van der Waals surface area contributed by atoms with Gasteiger partial charge in [0.05, 0.1) is 10.7 Å². The summed E-state index contributed by atoms with van der Waals surface area (Å²) in [7, 11) is 0. The molecule has 0 radical (unpaired) electrons. The number of carbonyl (C=O) groups excluding carboxylic acids is 1. The minimum atomic E-state index is 0.0407. The van der Waals surface area contributed by atoms with E-state index in [2.05, 4.69) is 14.9 Å². The van der Waals surface area contributed by atoms with Crippen molar-refractivity contribution >= 4 is 46.3 Å². The van der Waals surface area contributed by atoms with Gasteiger partial charge in [-0.2, -0.15) is 0 Å². The summed E-state index contributed by atoms with van der Waals surface area (Å²) in [5.41, 5.74) is 1.73. The molecule has 1 fully saturated rings. The molecule has 3 heterocycles. The lowest BCUT2D eigenvalue weighted by atomic mass is 10.2. The van der Waals surface area contributed by atoms with Crippen molar-refractivity contribution in [3.8, 4) is 10.6 Å². The summed E-state index contributed by atoms with van der Waals surface area (Å²) in [6.45, 7) is 4.66. The Morgan fingerprint density at radius 1 is 1.00 bits per heavy atom. The van der Waals surface area contributed by atoms with Crippen LogP contribution >= 0.6 is 34.5 Å². The number of pyridine rings is 1. The maximum absolute atomic E-state index is 13.0. The Balaban J connectivity index is 1.45. The lowest BCUT2D eigenvalue weighted by Gasteiger charge is -2.35. The van der Waals surface area contributed by atoms with Crippen molar-refractivity contribution in [3.63, 3.8) is 0 Å². The summed E-state index contributed by atoms with van der Waals surface area (Å²) in [4.78, 5) is 26.7. The Morgan fingerprint density at radius 2 is 1.68 bits per heavy atom. The highest BCUT2D eigenvalue weighted by molar-refractivity contribution is 7.17. The van der Waals surface area contributed by atoms with Crippen molar-refractivity contribution in [2.45, 2.75) is 6.92 Å². The normalized spacial score (nSPS) is 14.4. The SMILES string of the molecule is Cc1nc(-c2ccc(Cl)cc2)sc1C(=O)N1CCN(c2ccc(Cl)cn2)CC1. The van der Waals surface area contributed by atoms with Crippen LogP contribution in [0.2, 0.25) is 10.0 Å². The summed E-state index contributed by atoms with van der Waals surface area (Å²) in [5.74, 6) is 0.925. The van der Waals surface area contributed by atoms with E-state index in [0.717, 1.165) is 35.2 Å². The average Bonchev–Trinajstić information content (AvgIpc) is 3.10. The quantitative estimate of drug-likeness (QED) is 0.597. The van der Waals surface area contributed by atoms with Gasteiger partial charge < -0.3 is 9.80 Å². The number of anilines is 1. The van der Waals surface area contributed by atoms with E-state index in [-0.39, 0.29) is 5.91 Å². The van der Waals surface area contributed by atoms with Crippen LogP contribution in [0.4, 0.5) is 5.82 Å². The monoisotopic (exact) mass is 432 g/mol. The predicted molar refractivity (Wildman–Crippen MR) is 115 cm³/mol. The van der Waals surface area contributed by atoms with E-state index >= 15 is 0 Å². The molecule has 5 nitrogen and oxygen atoms in total. The maximum Gasteiger partial charge on any atom is 0.265 e. The van der Waals surface area contributed by atoms with E-state index in [1.807, 2.05) is 48.2 Å². The standard InChI is InChI=1S/C20H18Cl2N4OS/c1-13-18(28-19(24-13)14-2-4-15(21)5-3-14)20(27)26-10-8-25(9-11-26)17-7-6-16(22)12-23-17/h2-7,12H,8-11H2,1H3. The zero-order valence-electron chi connectivity index (χ0n) is 15.2. The Bertz CT molecular complexity index is 980. The van der Waals surface area contributed by atoms with E-state index in [1.54, 1.807) is 6.20 Å². The molecule has 1 aliphatic rings. The minimum absolute atomic E-state index is 0.0407. The van der Waals surface area contributed by atoms with Crippen molar-refractivity contribution in [3.05, 3.63) is 63.2 Å². The second kappa shape index (κ2) is 8.07. The first-order chi connectivity index (χ1) is 13.5. The summed E-state index contributed by atoms with van der Waals surface area (Å²) in [6.07, 6.45) is 1.65. The fourth-order valence-corrected chi connectivity index (χ4v) is 4.43. The number of aryl methyl sites for hydroxylation is 1. The van der Waals surface area contributed by atoms with Crippen LogP contribution in [0.5, 0.6) is 0 Å². The number of aromatic nitrogens is 2. The first-order valence-electron chi connectivity index (χ1n) is 8.90. The molecule has 1 aliphatic heterocycles. The first kappa shape index (κ1) is 19.2. The average molecular weight is 433 g/mol. The topological polar surface area (TPSA) is 49.3 Å². The third-order valence-electron chi connectivity index (χ3n) is 4.68. The van der Waals surface area contributed by atoms with E-state index < -0.39 is 0 Å². The molecular formula is C20H18Cl2N4OS. The van der Waals surface area contributed by atoms with Crippen LogP contribution in [0, 0.1) is 6.92 Å². The number of amides is 1. The third-order valence-corrected chi connectivity index (χ3v) is 6.35. The Kier molecular flexibility index (Phi) is 5.53. The van der Waals surface area contributed by atoms with Gasteiger partial charge in [-0.15, -0.1) is 11.3 Å². The number of carbonyl (C=O) groups is 1. The largest absolute Gasteiger partial charge is 0.353 e. The molecule has 1 aromatic carbocycles. The number of piperazine rings is 1. The highest BCUT2D eigenvalue weighted by Crippen LogP contribution is 2.30. The number of thiazole rings is 1. The summed E-state index contributed by atoms with van der Waals surface area (Å²) >= 11 is 13.3. The summed E-state index contributed by atoms with van der Waals surface area (Å²) in [6, 6.07) is 11.3. The summed E-state index contributed by atoms with van der Waals surface area (Å²) in [5, 5.41) is 2.14. The highest BCUT2D eigenvalue weighted by atomic mass is 35.5. The zero-order chi connectivity index (χ0) is 19.7. The zero-order valence-corrected chi connectivity index (χ0v) is 17.6. The Hall–Kier alpha value is -2.15. The van der Waals surface area contributed by atoms with Crippen LogP contribution in [0.15, 0.2) is 42.6 Å². The lowest BCUT2D eigenvalue weighted by Crippen LogP contribution is -2.49. The van der Waals surface area contributed by atoms with Crippen LogP contribution in [-0.4, -0.2) is 47.0 Å². The van der Waals surface area contributed by atoms with Gasteiger partial charge in [-0.05, 0) is 31.2 Å². The van der Waals surface area contributed by atoms with Crippen molar-refractivity contribution in [1.29, 1.82) is 0 Å². The van der Waals surface area contributed by atoms with Crippen LogP contribution in [0.1, 0.15) is 15.4 Å². The number of hydrogen-bond donors (Lipinski definition) is 0. The predicted octanol–water partition coefficient (Wildman–Crippen LogP) is 4.78. The van der Waals surface area contributed by atoms with Gasteiger partial charge in [-0.1, -0.05) is 35.3 Å². The van der Waals surface area contributed by atoms with Gasteiger partial charge in [0.15, 0.2) is 0 Å². The van der Waals surface area contributed by atoms with Gasteiger partial charge in [0.25, 0.3) is 5.91 Å². The Morgan fingerprint density at radius 3 is 2.32 bits per heavy atom. The number of hydrogen-bond acceptors (Lipinski definition) is 5. The molecule has 0 bridgehead atoms. The fourth-order valence-electron chi connectivity index (χ4n) is 3.15. The molecule has 144 valence electrons. The third kappa shape index (κ3) is 3.99. The molecule has 4 rings (SSSR count). The molecule has 2 aromatic heterocycles. The Labute approximate surface area is 177 Å².